The van der Waals surface area contributed by atoms with E-state index in [4.69, 9.17) is 9.31 Å². The predicted molar refractivity (Wildman–Crippen MR) is 202 cm³/mol. The third kappa shape index (κ3) is 4.23. The second kappa shape index (κ2) is 10.5. The van der Waals surface area contributed by atoms with Crippen molar-refractivity contribution in [1.29, 1.82) is 0 Å². The highest BCUT2D eigenvalue weighted by atomic mass is 16.6. The molecular formula is C45H32BNO2. The van der Waals surface area contributed by atoms with Crippen molar-refractivity contribution in [1.82, 2.24) is 0 Å². The minimum atomic E-state index is -0.552. The molecule has 0 aromatic heterocycles. The van der Waals surface area contributed by atoms with Crippen LogP contribution in [0.15, 0.2) is 158 Å². The summed E-state index contributed by atoms with van der Waals surface area (Å²) < 4.78 is 13.4. The van der Waals surface area contributed by atoms with Crippen LogP contribution >= 0.6 is 0 Å². The first-order valence-corrected chi connectivity index (χ1v) is 16.9. The van der Waals surface area contributed by atoms with E-state index in [1.54, 1.807) is 0 Å². The van der Waals surface area contributed by atoms with Crippen LogP contribution in [0.4, 0.5) is 17.1 Å². The fourth-order valence-corrected chi connectivity index (χ4v) is 8.09. The maximum absolute atomic E-state index is 6.69. The Hall–Kier alpha value is -6.00. The summed E-state index contributed by atoms with van der Waals surface area (Å²) in [6.07, 6.45) is 0. The maximum Gasteiger partial charge on any atom is 0.633 e. The van der Waals surface area contributed by atoms with Crippen molar-refractivity contribution in [2.45, 2.75) is 19.3 Å². The summed E-state index contributed by atoms with van der Waals surface area (Å²) in [6, 6.07) is 56.5. The van der Waals surface area contributed by atoms with Crippen molar-refractivity contribution >= 4 is 29.6 Å². The highest BCUT2D eigenvalue weighted by Crippen LogP contribution is 2.53. The number of hydrogen-bond acceptors (Lipinski definition) is 3. The van der Waals surface area contributed by atoms with E-state index < -0.39 is 7.12 Å². The number of rotatable bonds is 3. The summed E-state index contributed by atoms with van der Waals surface area (Å²) >= 11 is 0. The number of nitrogens with zero attached hydrogens (tertiary/aromatic N) is 1. The van der Waals surface area contributed by atoms with Crippen molar-refractivity contribution in [3.63, 3.8) is 0 Å². The molecule has 0 aliphatic carbocycles. The average molecular weight is 630 g/mol. The van der Waals surface area contributed by atoms with E-state index >= 15 is 0 Å². The van der Waals surface area contributed by atoms with Gasteiger partial charge < -0.3 is 14.2 Å². The SMILES string of the molecule is CC1(C)c2ccccc2N(c2cc3c4c(c2)-c2cc(-c5ccccc5)ccc2OB4Oc2ccc(-c4ccccc4)cc2-3)c2ccccc21. The minimum absolute atomic E-state index is 0.146. The molecule has 3 aliphatic rings. The van der Waals surface area contributed by atoms with Crippen LogP contribution in [0.1, 0.15) is 25.0 Å². The Morgan fingerprint density at radius 1 is 0.449 bits per heavy atom. The van der Waals surface area contributed by atoms with Crippen molar-refractivity contribution in [3.8, 4) is 56.0 Å². The van der Waals surface area contributed by atoms with Gasteiger partial charge in [0.25, 0.3) is 0 Å². The molecule has 0 spiro atoms. The molecule has 4 heteroatoms. The number of para-hydroxylation sites is 2. The average Bonchev–Trinajstić information content (AvgIpc) is 3.15. The second-order valence-corrected chi connectivity index (χ2v) is 13.7. The van der Waals surface area contributed by atoms with Crippen LogP contribution < -0.4 is 19.7 Å². The molecule has 7 aromatic carbocycles. The molecule has 3 nitrogen and oxygen atoms in total. The summed E-state index contributed by atoms with van der Waals surface area (Å²) in [6.45, 7) is 4.67. The van der Waals surface area contributed by atoms with Gasteiger partial charge in [-0.2, -0.15) is 0 Å². The molecule has 10 rings (SSSR count). The molecule has 0 N–H and O–H groups in total. The van der Waals surface area contributed by atoms with Crippen LogP contribution in [0, 0.1) is 0 Å². The zero-order valence-electron chi connectivity index (χ0n) is 27.4. The van der Waals surface area contributed by atoms with Gasteiger partial charge in [0.2, 0.25) is 0 Å². The highest BCUT2D eigenvalue weighted by Gasteiger charge is 2.43. The molecule has 0 atom stereocenters. The van der Waals surface area contributed by atoms with Crippen LogP contribution in [-0.4, -0.2) is 7.12 Å². The van der Waals surface area contributed by atoms with Gasteiger partial charge in [-0.3, -0.25) is 0 Å². The van der Waals surface area contributed by atoms with E-state index in [1.807, 2.05) is 0 Å². The Kier molecular flexibility index (Phi) is 6.01. The normalized spacial score (nSPS) is 14.3. The third-order valence-corrected chi connectivity index (χ3v) is 10.5. The Morgan fingerprint density at radius 2 is 0.898 bits per heavy atom. The molecule has 0 fully saturated rings. The van der Waals surface area contributed by atoms with E-state index in [0.717, 1.165) is 56.0 Å². The van der Waals surface area contributed by atoms with Crippen molar-refractivity contribution in [2.24, 2.45) is 0 Å². The number of benzene rings is 7. The van der Waals surface area contributed by atoms with Crippen molar-refractivity contribution < 1.29 is 9.31 Å². The molecule has 0 unspecified atom stereocenters. The highest BCUT2D eigenvalue weighted by molar-refractivity contribution is 6.68. The fraction of sp³-hybridized carbons (Fsp3) is 0.0667. The molecule has 0 amide bonds. The van der Waals surface area contributed by atoms with E-state index in [1.165, 1.54) is 33.6 Å². The summed E-state index contributed by atoms with van der Waals surface area (Å²) in [5.74, 6) is 1.65. The molecular weight excluding hydrogens is 597 g/mol. The topological polar surface area (TPSA) is 21.7 Å². The van der Waals surface area contributed by atoms with E-state index in [-0.39, 0.29) is 5.41 Å². The molecule has 0 saturated heterocycles. The lowest BCUT2D eigenvalue weighted by atomic mass is 9.65. The molecule has 3 aliphatic heterocycles. The van der Waals surface area contributed by atoms with Crippen LogP contribution in [0.2, 0.25) is 0 Å². The maximum atomic E-state index is 6.69. The van der Waals surface area contributed by atoms with E-state index in [0.29, 0.717) is 0 Å². The zero-order chi connectivity index (χ0) is 32.7. The van der Waals surface area contributed by atoms with Crippen LogP contribution in [0.3, 0.4) is 0 Å². The quantitative estimate of drug-likeness (QED) is 0.182. The number of anilines is 3. The lowest BCUT2D eigenvalue weighted by Gasteiger charge is -2.42. The monoisotopic (exact) mass is 629 g/mol. The summed E-state index contributed by atoms with van der Waals surface area (Å²) in [5.41, 5.74) is 16.1. The molecule has 49 heavy (non-hydrogen) atoms. The molecule has 3 heterocycles. The molecule has 0 radical (unpaired) electrons. The standard InChI is InChI=1S/C45H32BNO2/c1-45(2)38-17-9-11-19-40(38)47(41-20-12-10-18-39(41)45)33-27-36-34-25-31(29-13-5-3-6-14-29)21-23-42(34)48-46-44(36)37(28-33)35-26-32(22-24-43(35)49-46)30-15-7-4-8-16-30/h3-28H,1-2H3. The van der Waals surface area contributed by atoms with Gasteiger partial charge in [-0.25, -0.2) is 0 Å². The van der Waals surface area contributed by atoms with Crippen molar-refractivity contribution in [2.75, 3.05) is 4.90 Å². The lowest BCUT2D eigenvalue weighted by molar-refractivity contribution is 0.436. The smallest absolute Gasteiger partial charge is 0.521 e. The predicted octanol–water partition coefficient (Wildman–Crippen LogP) is 10.9. The Balaban J connectivity index is 1.26. The van der Waals surface area contributed by atoms with Gasteiger partial charge in [0.1, 0.15) is 11.5 Å². The Bertz CT molecular complexity index is 2270. The largest absolute Gasteiger partial charge is 0.633 e. The fourth-order valence-electron chi connectivity index (χ4n) is 8.09. The van der Waals surface area contributed by atoms with Crippen LogP contribution in [0.5, 0.6) is 11.5 Å². The summed E-state index contributed by atoms with van der Waals surface area (Å²) in [7, 11) is -0.552. The molecule has 7 aromatic rings. The summed E-state index contributed by atoms with van der Waals surface area (Å²) in [5, 5.41) is 0. The van der Waals surface area contributed by atoms with Gasteiger partial charge in [0.15, 0.2) is 0 Å². The van der Waals surface area contributed by atoms with Gasteiger partial charge in [0.05, 0.1) is 11.4 Å². The molecule has 232 valence electrons. The van der Waals surface area contributed by atoms with Gasteiger partial charge in [-0.05, 0) is 93.0 Å². The third-order valence-electron chi connectivity index (χ3n) is 10.5. The first kappa shape index (κ1) is 28.1. The lowest BCUT2D eigenvalue weighted by Crippen LogP contribution is -2.49. The number of hydrogen-bond donors (Lipinski definition) is 0. The van der Waals surface area contributed by atoms with Gasteiger partial charge >= 0.3 is 7.12 Å². The van der Waals surface area contributed by atoms with Gasteiger partial charge in [0, 0.05) is 27.7 Å². The summed E-state index contributed by atoms with van der Waals surface area (Å²) in [4.78, 5) is 2.45. The van der Waals surface area contributed by atoms with Gasteiger partial charge in [-0.1, -0.05) is 123 Å². The molecule has 0 bridgehead atoms. The van der Waals surface area contributed by atoms with Gasteiger partial charge in [-0.15, -0.1) is 0 Å². The first-order chi connectivity index (χ1) is 24.0. The second-order valence-electron chi connectivity index (χ2n) is 13.7. The zero-order valence-corrected chi connectivity index (χ0v) is 27.4. The van der Waals surface area contributed by atoms with Crippen LogP contribution in [0.25, 0.3) is 44.5 Å². The first-order valence-electron chi connectivity index (χ1n) is 16.9. The van der Waals surface area contributed by atoms with Crippen molar-refractivity contribution in [3.05, 3.63) is 169 Å². The van der Waals surface area contributed by atoms with E-state index in [9.17, 15) is 0 Å². The minimum Gasteiger partial charge on any atom is -0.521 e. The van der Waals surface area contributed by atoms with Crippen LogP contribution in [-0.2, 0) is 5.41 Å². The Labute approximate surface area is 287 Å². The molecule has 0 saturated carbocycles. The number of fused-ring (bicyclic) bond motifs is 6. The van der Waals surface area contributed by atoms with E-state index in [2.05, 4.69) is 176 Å². The Morgan fingerprint density at radius 3 is 1.39 bits per heavy atom.